The zero-order chi connectivity index (χ0) is 19.1. The van der Waals surface area contributed by atoms with Crippen molar-refractivity contribution in [1.29, 1.82) is 0 Å². The molecule has 5 nitrogen and oxygen atoms in total. The van der Waals surface area contributed by atoms with Crippen molar-refractivity contribution in [1.82, 2.24) is 4.72 Å². The summed E-state index contributed by atoms with van der Waals surface area (Å²) in [6.07, 6.45) is 5.20. The van der Waals surface area contributed by atoms with Gasteiger partial charge in [0.15, 0.2) is 5.82 Å². The van der Waals surface area contributed by atoms with Crippen molar-refractivity contribution in [3.8, 4) is 5.75 Å². The predicted octanol–water partition coefficient (Wildman–Crippen LogP) is 4.18. The molecular formula is C19H23FN2O3S. The number of aryl methyl sites for hydroxylation is 1. The number of fused-ring (bicyclic) bond motifs is 1. The predicted molar refractivity (Wildman–Crippen MR) is 102 cm³/mol. The molecule has 0 atom stereocenters. The van der Waals surface area contributed by atoms with Crippen molar-refractivity contribution >= 4 is 26.7 Å². The third-order valence-corrected chi connectivity index (χ3v) is 5.65. The summed E-state index contributed by atoms with van der Waals surface area (Å²) in [5, 5.41) is 11.0. The molecule has 26 heavy (non-hydrogen) atoms. The molecule has 140 valence electrons. The Bertz CT molecular complexity index is 978. The lowest BCUT2D eigenvalue weighted by Crippen LogP contribution is -2.29. The van der Waals surface area contributed by atoms with Crippen LogP contribution in [0, 0.1) is 11.2 Å². The van der Waals surface area contributed by atoms with E-state index in [1.54, 1.807) is 12.1 Å². The Morgan fingerprint density at radius 2 is 1.96 bits per heavy atom. The van der Waals surface area contributed by atoms with Crippen LogP contribution in [-0.4, -0.2) is 13.5 Å². The summed E-state index contributed by atoms with van der Waals surface area (Å²) in [4.78, 5) is 0. The van der Waals surface area contributed by atoms with Gasteiger partial charge in [0.1, 0.15) is 11.4 Å². The first-order valence-corrected chi connectivity index (χ1v) is 9.95. The van der Waals surface area contributed by atoms with Crippen LogP contribution in [-0.2, 0) is 16.6 Å². The summed E-state index contributed by atoms with van der Waals surface area (Å²) < 4.78 is 41.9. The van der Waals surface area contributed by atoms with Crippen molar-refractivity contribution < 1.29 is 17.9 Å². The number of hydrogen-bond donors (Lipinski definition) is 2. The van der Waals surface area contributed by atoms with Gasteiger partial charge in [-0.1, -0.05) is 32.9 Å². The van der Waals surface area contributed by atoms with Crippen LogP contribution < -0.4 is 9.03 Å². The standard InChI is InChI=1S/C19H23FN2O3S/c1-19(2,3)8-4-5-13-6-7-14-12-16(23)18(17(20)15(14)11-13)22-10-9-21-26(22,24)25/h6-7,9-12,21,23H,4-5,8H2,1-3H3. The van der Waals surface area contributed by atoms with Gasteiger partial charge in [-0.15, -0.1) is 0 Å². The number of phenolic OH excluding ortho intramolecular Hbond substituents is 1. The monoisotopic (exact) mass is 378 g/mol. The van der Waals surface area contributed by atoms with Crippen LogP contribution in [0.15, 0.2) is 36.7 Å². The zero-order valence-corrected chi connectivity index (χ0v) is 15.9. The van der Waals surface area contributed by atoms with Crippen LogP contribution in [0.1, 0.15) is 39.2 Å². The van der Waals surface area contributed by atoms with Crippen molar-refractivity contribution in [3.63, 3.8) is 0 Å². The molecule has 1 aliphatic heterocycles. The molecule has 1 aliphatic rings. The van der Waals surface area contributed by atoms with Crippen LogP contribution in [0.5, 0.6) is 5.75 Å². The third kappa shape index (κ3) is 3.62. The normalized spacial score (nSPS) is 16.2. The van der Waals surface area contributed by atoms with Gasteiger partial charge in [0.2, 0.25) is 0 Å². The molecular weight excluding hydrogens is 355 g/mol. The van der Waals surface area contributed by atoms with Crippen LogP contribution in [0.25, 0.3) is 10.8 Å². The molecule has 0 bridgehead atoms. The fraction of sp³-hybridized carbons (Fsp3) is 0.368. The molecule has 7 heteroatoms. The Balaban J connectivity index is 1.99. The van der Waals surface area contributed by atoms with Crippen molar-refractivity contribution in [3.05, 3.63) is 48.0 Å². The maximum absolute atomic E-state index is 15.1. The van der Waals surface area contributed by atoms with Crippen molar-refractivity contribution in [2.75, 3.05) is 4.31 Å². The number of benzene rings is 2. The summed E-state index contributed by atoms with van der Waals surface area (Å²) in [5.74, 6) is -1.18. The van der Waals surface area contributed by atoms with E-state index in [0.29, 0.717) is 15.1 Å². The van der Waals surface area contributed by atoms with Crippen LogP contribution in [0.3, 0.4) is 0 Å². The van der Waals surface area contributed by atoms with E-state index < -0.39 is 21.8 Å². The summed E-state index contributed by atoms with van der Waals surface area (Å²) in [5.41, 5.74) is 0.852. The van der Waals surface area contributed by atoms with E-state index in [1.807, 2.05) is 6.07 Å². The fourth-order valence-corrected chi connectivity index (χ4v) is 4.06. The maximum Gasteiger partial charge on any atom is 0.327 e. The molecule has 1 heterocycles. The molecule has 0 saturated heterocycles. The molecule has 0 unspecified atom stereocenters. The Morgan fingerprint density at radius 1 is 1.23 bits per heavy atom. The minimum absolute atomic E-state index is 0.241. The highest BCUT2D eigenvalue weighted by atomic mass is 32.2. The molecule has 3 rings (SSSR count). The van der Waals surface area contributed by atoms with Gasteiger partial charge in [0.25, 0.3) is 0 Å². The SMILES string of the molecule is CC(C)(C)CCCc1ccc2cc(O)c(N3C=CNS3(=O)=O)c(F)c2c1. The third-order valence-electron chi connectivity index (χ3n) is 4.40. The second kappa shape index (κ2) is 6.46. The second-order valence-corrected chi connectivity index (χ2v) is 9.34. The molecule has 2 aromatic rings. The lowest BCUT2D eigenvalue weighted by molar-refractivity contribution is 0.365. The smallest absolute Gasteiger partial charge is 0.327 e. The highest BCUT2D eigenvalue weighted by Crippen LogP contribution is 2.38. The van der Waals surface area contributed by atoms with E-state index in [0.717, 1.165) is 24.8 Å². The highest BCUT2D eigenvalue weighted by Gasteiger charge is 2.30. The van der Waals surface area contributed by atoms with Crippen molar-refractivity contribution in [2.24, 2.45) is 5.41 Å². The number of hydrogen-bond acceptors (Lipinski definition) is 3. The summed E-state index contributed by atoms with van der Waals surface area (Å²) in [7, 11) is -3.92. The van der Waals surface area contributed by atoms with E-state index in [1.165, 1.54) is 18.5 Å². The van der Waals surface area contributed by atoms with E-state index in [9.17, 15) is 13.5 Å². The summed E-state index contributed by atoms with van der Waals surface area (Å²) >= 11 is 0. The van der Waals surface area contributed by atoms with E-state index >= 15 is 4.39 Å². The number of nitrogens with one attached hydrogen (secondary N) is 1. The summed E-state index contributed by atoms with van der Waals surface area (Å²) in [6, 6.07) is 6.78. The number of anilines is 1. The molecule has 0 spiro atoms. The van der Waals surface area contributed by atoms with Crippen LogP contribution in [0.2, 0.25) is 0 Å². The molecule has 0 fully saturated rings. The minimum Gasteiger partial charge on any atom is -0.506 e. The first-order valence-electron chi connectivity index (χ1n) is 8.51. The number of nitrogens with zero attached hydrogens (tertiary/aromatic N) is 1. The molecule has 2 aromatic carbocycles. The fourth-order valence-electron chi connectivity index (χ4n) is 3.08. The van der Waals surface area contributed by atoms with Gasteiger partial charge in [-0.05, 0) is 47.8 Å². The van der Waals surface area contributed by atoms with Crippen LogP contribution in [0.4, 0.5) is 10.1 Å². The van der Waals surface area contributed by atoms with Gasteiger partial charge in [0.05, 0.1) is 0 Å². The Hall–Kier alpha value is -2.28. The Morgan fingerprint density at radius 3 is 2.58 bits per heavy atom. The zero-order valence-electron chi connectivity index (χ0n) is 15.1. The minimum atomic E-state index is -3.92. The molecule has 2 N–H and O–H groups in total. The second-order valence-electron chi connectivity index (χ2n) is 7.76. The average Bonchev–Trinajstić information content (AvgIpc) is 2.86. The number of rotatable bonds is 4. The van der Waals surface area contributed by atoms with Gasteiger partial charge in [-0.2, -0.15) is 8.42 Å². The molecule has 0 aromatic heterocycles. The quantitative estimate of drug-likeness (QED) is 0.839. The molecule has 0 amide bonds. The molecule has 0 saturated carbocycles. The first kappa shape index (κ1) is 18.5. The Kier molecular flexibility index (Phi) is 4.60. The number of aromatic hydroxyl groups is 1. The molecule has 0 radical (unpaired) electrons. The lowest BCUT2D eigenvalue weighted by atomic mass is 9.89. The summed E-state index contributed by atoms with van der Waals surface area (Å²) in [6.45, 7) is 6.54. The van der Waals surface area contributed by atoms with E-state index in [4.69, 9.17) is 0 Å². The highest BCUT2D eigenvalue weighted by molar-refractivity contribution is 7.91. The van der Waals surface area contributed by atoms with Gasteiger partial charge in [0, 0.05) is 17.8 Å². The topological polar surface area (TPSA) is 69.6 Å². The van der Waals surface area contributed by atoms with E-state index in [-0.39, 0.29) is 11.1 Å². The van der Waals surface area contributed by atoms with E-state index in [2.05, 4.69) is 25.5 Å². The van der Waals surface area contributed by atoms with Gasteiger partial charge in [-0.25, -0.2) is 8.70 Å². The molecule has 0 aliphatic carbocycles. The Labute approximate surface area is 153 Å². The van der Waals surface area contributed by atoms with Gasteiger partial charge in [-0.3, -0.25) is 4.72 Å². The first-order chi connectivity index (χ1) is 12.1. The van der Waals surface area contributed by atoms with Gasteiger partial charge >= 0.3 is 10.2 Å². The number of halogens is 1. The van der Waals surface area contributed by atoms with Crippen molar-refractivity contribution in [2.45, 2.75) is 40.0 Å². The van der Waals surface area contributed by atoms with Gasteiger partial charge < -0.3 is 5.11 Å². The largest absolute Gasteiger partial charge is 0.506 e. The maximum atomic E-state index is 15.1. The van der Waals surface area contributed by atoms with Crippen LogP contribution >= 0.6 is 0 Å². The average molecular weight is 378 g/mol. The number of phenols is 1. The lowest BCUT2D eigenvalue weighted by Gasteiger charge is -2.19.